The van der Waals surface area contributed by atoms with Crippen molar-refractivity contribution in [2.75, 3.05) is 26.2 Å². The molecule has 0 spiro atoms. The summed E-state index contributed by atoms with van der Waals surface area (Å²) >= 11 is 6.30. The summed E-state index contributed by atoms with van der Waals surface area (Å²) in [7, 11) is 0. The van der Waals surface area contributed by atoms with Crippen molar-refractivity contribution < 1.29 is 0 Å². The van der Waals surface area contributed by atoms with Gasteiger partial charge in [0, 0.05) is 37.2 Å². The first-order valence-electron chi connectivity index (χ1n) is 6.13. The molecule has 1 aromatic carbocycles. The average Bonchev–Trinajstić information content (AvgIpc) is 2.38. The van der Waals surface area contributed by atoms with Crippen LogP contribution in [0.15, 0.2) is 36.9 Å². The van der Waals surface area contributed by atoms with E-state index in [4.69, 9.17) is 11.6 Å². The minimum Gasteiger partial charge on any atom is -0.314 e. The molecule has 1 atom stereocenters. The molecule has 0 amide bonds. The second kappa shape index (κ2) is 9.62. The van der Waals surface area contributed by atoms with Gasteiger partial charge in [-0.2, -0.15) is 0 Å². The number of hydrogen-bond acceptors (Lipinski definition) is 2. The number of hydrogen-bond donors (Lipinski definition) is 1. The summed E-state index contributed by atoms with van der Waals surface area (Å²) in [5, 5.41) is 4.24. The van der Waals surface area contributed by atoms with Crippen molar-refractivity contribution in [3.63, 3.8) is 0 Å². The maximum atomic E-state index is 6.30. The number of halogens is 3. The van der Waals surface area contributed by atoms with Gasteiger partial charge in [-0.25, -0.2) is 0 Å². The highest BCUT2D eigenvalue weighted by Gasteiger charge is 2.22. The molecule has 0 aliphatic carbocycles. The molecular formula is C14H21Cl3N2. The van der Waals surface area contributed by atoms with Crippen LogP contribution in [0, 0.1) is 0 Å². The lowest BCUT2D eigenvalue weighted by atomic mass is 10.0. The van der Waals surface area contributed by atoms with Crippen LogP contribution in [0.1, 0.15) is 18.0 Å². The van der Waals surface area contributed by atoms with E-state index in [9.17, 15) is 0 Å². The first-order chi connectivity index (χ1) is 8.33. The third kappa shape index (κ3) is 4.97. The van der Waals surface area contributed by atoms with Crippen LogP contribution >= 0.6 is 36.4 Å². The van der Waals surface area contributed by atoms with E-state index in [1.54, 1.807) is 0 Å². The minimum absolute atomic E-state index is 0. The quantitative estimate of drug-likeness (QED) is 0.850. The molecule has 0 radical (unpaired) electrons. The molecule has 2 rings (SSSR count). The smallest absolute Gasteiger partial charge is 0.0453 e. The van der Waals surface area contributed by atoms with Gasteiger partial charge >= 0.3 is 0 Å². The highest BCUT2D eigenvalue weighted by molar-refractivity contribution is 6.31. The van der Waals surface area contributed by atoms with Crippen LogP contribution < -0.4 is 5.32 Å². The summed E-state index contributed by atoms with van der Waals surface area (Å²) in [5.74, 6) is 0. The molecule has 0 aromatic heterocycles. The van der Waals surface area contributed by atoms with E-state index in [0.717, 1.165) is 37.6 Å². The van der Waals surface area contributed by atoms with Gasteiger partial charge in [0.15, 0.2) is 0 Å². The molecule has 1 aliphatic rings. The van der Waals surface area contributed by atoms with Crippen molar-refractivity contribution in [1.82, 2.24) is 10.2 Å². The van der Waals surface area contributed by atoms with E-state index in [-0.39, 0.29) is 24.8 Å². The highest BCUT2D eigenvalue weighted by atomic mass is 35.5. The number of rotatable bonds is 4. The Hall–Kier alpha value is -0.250. The van der Waals surface area contributed by atoms with E-state index >= 15 is 0 Å². The summed E-state index contributed by atoms with van der Waals surface area (Å²) < 4.78 is 0. The SMILES string of the molecule is C=CC[C@@H](c1ccccc1Cl)N1CCNCC1.Cl.Cl. The molecule has 1 heterocycles. The zero-order valence-corrected chi connectivity index (χ0v) is 13.2. The molecule has 1 aliphatic heterocycles. The van der Waals surface area contributed by atoms with Crippen LogP contribution in [-0.4, -0.2) is 31.1 Å². The molecule has 108 valence electrons. The largest absolute Gasteiger partial charge is 0.314 e. The second-order valence-corrected chi connectivity index (χ2v) is 4.75. The van der Waals surface area contributed by atoms with Crippen molar-refractivity contribution in [3.05, 3.63) is 47.5 Å². The van der Waals surface area contributed by atoms with E-state index in [2.05, 4.69) is 28.9 Å². The van der Waals surface area contributed by atoms with Gasteiger partial charge in [0.2, 0.25) is 0 Å². The Balaban J connectivity index is 0.00000162. The number of nitrogens with one attached hydrogen (secondary N) is 1. The summed E-state index contributed by atoms with van der Waals surface area (Å²) in [6.45, 7) is 8.12. The predicted octanol–water partition coefficient (Wildman–Crippen LogP) is 3.71. The number of benzene rings is 1. The lowest BCUT2D eigenvalue weighted by molar-refractivity contribution is 0.174. The average molecular weight is 324 g/mol. The van der Waals surface area contributed by atoms with Crippen molar-refractivity contribution in [3.8, 4) is 0 Å². The number of piperazine rings is 1. The first kappa shape index (κ1) is 18.8. The topological polar surface area (TPSA) is 15.3 Å². The van der Waals surface area contributed by atoms with E-state index in [0.29, 0.717) is 6.04 Å². The fourth-order valence-corrected chi connectivity index (χ4v) is 2.63. The van der Waals surface area contributed by atoms with E-state index < -0.39 is 0 Å². The van der Waals surface area contributed by atoms with Crippen LogP contribution in [-0.2, 0) is 0 Å². The Morgan fingerprint density at radius 1 is 1.26 bits per heavy atom. The molecule has 0 bridgehead atoms. The Morgan fingerprint density at radius 3 is 2.47 bits per heavy atom. The number of nitrogens with zero attached hydrogens (tertiary/aromatic N) is 1. The van der Waals surface area contributed by atoms with Gasteiger partial charge < -0.3 is 5.32 Å². The summed E-state index contributed by atoms with van der Waals surface area (Å²) in [5.41, 5.74) is 1.22. The van der Waals surface area contributed by atoms with Crippen molar-refractivity contribution in [2.45, 2.75) is 12.5 Å². The minimum atomic E-state index is 0. The molecule has 1 N–H and O–H groups in total. The molecule has 1 saturated heterocycles. The van der Waals surface area contributed by atoms with E-state index in [1.165, 1.54) is 5.56 Å². The monoisotopic (exact) mass is 322 g/mol. The fraction of sp³-hybridized carbons (Fsp3) is 0.429. The molecular weight excluding hydrogens is 303 g/mol. The molecule has 0 unspecified atom stereocenters. The first-order valence-corrected chi connectivity index (χ1v) is 6.51. The Labute approximate surface area is 133 Å². The lowest BCUT2D eigenvalue weighted by Crippen LogP contribution is -2.45. The Kier molecular flexibility index (Phi) is 9.50. The zero-order valence-electron chi connectivity index (χ0n) is 10.8. The van der Waals surface area contributed by atoms with Crippen molar-refractivity contribution in [2.24, 2.45) is 0 Å². The second-order valence-electron chi connectivity index (χ2n) is 4.35. The normalized spacial score (nSPS) is 16.9. The van der Waals surface area contributed by atoms with Gasteiger partial charge in [0.25, 0.3) is 0 Å². The van der Waals surface area contributed by atoms with Crippen LogP contribution in [0.5, 0.6) is 0 Å². The molecule has 2 nitrogen and oxygen atoms in total. The summed E-state index contributed by atoms with van der Waals surface area (Å²) in [4.78, 5) is 2.49. The molecule has 5 heteroatoms. The van der Waals surface area contributed by atoms with Gasteiger partial charge in [-0.3, -0.25) is 4.90 Å². The summed E-state index contributed by atoms with van der Waals surface area (Å²) in [6, 6.07) is 8.49. The summed E-state index contributed by atoms with van der Waals surface area (Å²) in [6.07, 6.45) is 2.93. The molecule has 0 saturated carbocycles. The predicted molar refractivity (Wildman–Crippen MR) is 87.9 cm³/mol. The van der Waals surface area contributed by atoms with Crippen LogP contribution in [0.4, 0.5) is 0 Å². The van der Waals surface area contributed by atoms with E-state index in [1.807, 2.05) is 18.2 Å². The van der Waals surface area contributed by atoms with Gasteiger partial charge in [0.05, 0.1) is 0 Å². The van der Waals surface area contributed by atoms with Gasteiger partial charge in [-0.05, 0) is 18.1 Å². The Morgan fingerprint density at radius 2 is 1.89 bits per heavy atom. The van der Waals surface area contributed by atoms with Gasteiger partial charge in [0.1, 0.15) is 0 Å². The third-order valence-corrected chi connectivity index (χ3v) is 3.59. The van der Waals surface area contributed by atoms with Gasteiger partial charge in [-0.15, -0.1) is 31.4 Å². The van der Waals surface area contributed by atoms with Gasteiger partial charge in [-0.1, -0.05) is 35.9 Å². The van der Waals surface area contributed by atoms with Crippen LogP contribution in [0.3, 0.4) is 0 Å². The van der Waals surface area contributed by atoms with Crippen molar-refractivity contribution in [1.29, 1.82) is 0 Å². The molecule has 1 fully saturated rings. The Bertz CT molecular complexity index is 379. The molecule has 19 heavy (non-hydrogen) atoms. The fourth-order valence-electron chi connectivity index (χ4n) is 2.37. The standard InChI is InChI=1S/C14H19ClN2.2ClH/c1-2-5-14(17-10-8-16-9-11-17)12-6-3-4-7-13(12)15;;/h2-4,6-7,14,16H,1,5,8-11H2;2*1H/t14-;;/m0../s1. The van der Waals surface area contributed by atoms with Crippen LogP contribution in [0.2, 0.25) is 5.02 Å². The van der Waals surface area contributed by atoms with Crippen molar-refractivity contribution >= 4 is 36.4 Å². The highest BCUT2D eigenvalue weighted by Crippen LogP contribution is 2.30. The maximum absolute atomic E-state index is 6.30. The molecule has 1 aromatic rings. The van der Waals surface area contributed by atoms with Crippen LogP contribution in [0.25, 0.3) is 0 Å². The third-order valence-electron chi connectivity index (χ3n) is 3.25. The zero-order chi connectivity index (χ0) is 12.1. The maximum Gasteiger partial charge on any atom is 0.0453 e. The lowest BCUT2D eigenvalue weighted by Gasteiger charge is -2.35.